The molecule has 0 atom stereocenters. The van der Waals surface area contributed by atoms with E-state index in [4.69, 9.17) is 0 Å². The zero-order chi connectivity index (χ0) is 11.6. The quantitative estimate of drug-likeness (QED) is 0.768. The number of phenolic OH excluding ortho intramolecular Hbond substituents is 1. The normalized spacial score (nSPS) is 11.2. The molecule has 0 spiro atoms. The van der Waals surface area contributed by atoms with Crippen LogP contribution < -0.4 is 4.90 Å². The zero-order valence-electron chi connectivity index (χ0n) is 9.61. The van der Waals surface area contributed by atoms with E-state index < -0.39 is 5.41 Å². The van der Waals surface area contributed by atoms with Crippen LogP contribution in [0.4, 0.5) is 5.69 Å². The van der Waals surface area contributed by atoms with Crippen LogP contribution in [-0.4, -0.2) is 18.1 Å². The lowest BCUT2D eigenvalue weighted by Gasteiger charge is -2.26. The number of hydrogen-bond acceptors (Lipinski definition) is 2. The SMILES string of the molecule is CN(C(=O)C(C)(C)C)c1cccc(O)c1. The van der Waals surface area contributed by atoms with Gasteiger partial charge in [-0.15, -0.1) is 0 Å². The molecular formula is C12H17NO2. The number of anilines is 1. The van der Waals surface area contributed by atoms with Crippen LogP contribution in [-0.2, 0) is 4.79 Å². The lowest BCUT2D eigenvalue weighted by Crippen LogP contribution is -2.36. The van der Waals surface area contributed by atoms with Crippen molar-refractivity contribution in [2.45, 2.75) is 20.8 Å². The fraction of sp³-hybridized carbons (Fsp3) is 0.417. The van der Waals surface area contributed by atoms with Crippen LogP contribution in [0.3, 0.4) is 0 Å². The van der Waals surface area contributed by atoms with E-state index in [0.717, 1.165) is 0 Å². The van der Waals surface area contributed by atoms with Gasteiger partial charge in [0.2, 0.25) is 5.91 Å². The van der Waals surface area contributed by atoms with E-state index in [0.29, 0.717) is 5.69 Å². The van der Waals surface area contributed by atoms with Gasteiger partial charge in [0.05, 0.1) is 0 Å². The molecule has 1 N–H and O–H groups in total. The molecule has 3 heteroatoms. The number of phenols is 1. The summed E-state index contributed by atoms with van der Waals surface area (Å²) in [6.07, 6.45) is 0. The van der Waals surface area contributed by atoms with Crippen molar-refractivity contribution in [2.24, 2.45) is 5.41 Å². The predicted molar refractivity (Wildman–Crippen MR) is 61.0 cm³/mol. The molecule has 3 nitrogen and oxygen atoms in total. The van der Waals surface area contributed by atoms with Crippen LogP contribution >= 0.6 is 0 Å². The molecule has 0 aliphatic heterocycles. The Labute approximate surface area is 90.3 Å². The Bertz CT molecular complexity index is 366. The van der Waals surface area contributed by atoms with E-state index in [1.54, 1.807) is 36.2 Å². The van der Waals surface area contributed by atoms with E-state index in [2.05, 4.69) is 0 Å². The van der Waals surface area contributed by atoms with Crippen molar-refractivity contribution in [2.75, 3.05) is 11.9 Å². The van der Waals surface area contributed by atoms with Gasteiger partial charge in [0.15, 0.2) is 0 Å². The Morgan fingerprint density at radius 1 is 1.33 bits per heavy atom. The van der Waals surface area contributed by atoms with Gasteiger partial charge in [-0.1, -0.05) is 26.8 Å². The fourth-order valence-corrected chi connectivity index (χ4v) is 1.32. The summed E-state index contributed by atoms with van der Waals surface area (Å²) in [6.45, 7) is 5.61. The Balaban J connectivity index is 2.95. The molecule has 1 aromatic carbocycles. The summed E-state index contributed by atoms with van der Waals surface area (Å²) in [5, 5.41) is 9.31. The van der Waals surface area contributed by atoms with Crippen LogP contribution in [0, 0.1) is 5.41 Å². The first-order chi connectivity index (χ1) is 6.82. The van der Waals surface area contributed by atoms with Crippen molar-refractivity contribution in [1.82, 2.24) is 0 Å². The molecule has 0 saturated carbocycles. The maximum Gasteiger partial charge on any atom is 0.232 e. The second kappa shape index (κ2) is 3.93. The summed E-state index contributed by atoms with van der Waals surface area (Å²) in [6, 6.07) is 6.67. The van der Waals surface area contributed by atoms with Gasteiger partial charge in [-0.3, -0.25) is 4.79 Å². The highest BCUT2D eigenvalue weighted by Crippen LogP contribution is 2.24. The average molecular weight is 207 g/mol. The largest absolute Gasteiger partial charge is 0.508 e. The number of amides is 1. The maximum atomic E-state index is 11.9. The highest BCUT2D eigenvalue weighted by atomic mass is 16.3. The minimum Gasteiger partial charge on any atom is -0.508 e. The van der Waals surface area contributed by atoms with Crippen molar-refractivity contribution in [1.29, 1.82) is 0 Å². The molecule has 0 heterocycles. The average Bonchev–Trinajstić information content (AvgIpc) is 2.14. The molecule has 0 saturated heterocycles. The first-order valence-electron chi connectivity index (χ1n) is 4.89. The Morgan fingerprint density at radius 3 is 2.40 bits per heavy atom. The number of nitrogens with zero attached hydrogens (tertiary/aromatic N) is 1. The van der Waals surface area contributed by atoms with Gasteiger partial charge in [0, 0.05) is 24.2 Å². The molecule has 0 aromatic heterocycles. The maximum absolute atomic E-state index is 11.9. The molecule has 0 bridgehead atoms. The Morgan fingerprint density at radius 2 is 1.93 bits per heavy atom. The smallest absolute Gasteiger partial charge is 0.232 e. The van der Waals surface area contributed by atoms with E-state index in [-0.39, 0.29) is 11.7 Å². The number of hydrogen-bond donors (Lipinski definition) is 1. The summed E-state index contributed by atoms with van der Waals surface area (Å²) < 4.78 is 0. The van der Waals surface area contributed by atoms with Gasteiger partial charge in [0.1, 0.15) is 5.75 Å². The molecule has 0 fully saturated rings. The number of carbonyl (C=O) groups excluding carboxylic acids is 1. The number of benzene rings is 1. The minimum atomic E-state index is -0.416. The highest BCUT2D eigenvalue weighted by molar-refractivity contribution is 5.96. The number of carbonyl (C=O) groups is 1. The van der Waals surface area contributed by atoms with Crippen molar-refractivity contribution in [3.63, 3.8) is 0 Å². The topological polar surface area (TPSA) is 40.5 Å². The van der Waals surface area contributed by atoms with Gasteiger partial charge in [0.25, 0.3) is 0 Å². The fourth-order valence-electron chi connectivity index (χ4n) is 1.32. The van der Waals surface area contributed by atoms with Gasteiger partial charge >= 0.3 is 0 Å². The second-order valence-electron chi connectivity index (χ2n) is 4.63. The van der Waals surface area contributed by atoms with E-state index >= 15 is 0 Å². The number of rotatable bonds is 1. The van der Waals surface area contributed by atoms with Crippen molar-refractivity contribution in [3.8, 4) is 5.75 Å². The van der Waals surface area contributed by atoms with E-state index in [1.165, 1.54) is 0 Å². The molecule has 0 aliphatic rings. The van der Waals surface area contributed by atoms with Gasteiger partial charge in [-0.25, -0.2) is 0 Å². The second-order valence-corrected chi connectivity index (χ2v) is 4.63. The standard InChI is InChI=1S/C12H17NO2/c1-12(2,3)11(15)13(4)9-6-5-7-10(14)8-9/h5-8,14H,1-4H3. The van der Waals surface area contributed by atoms with Gasteiger partial charge in [-0.05, 0) is 12.1 Å². The molecule has 0 aliphatic carbocycles. The molecule has 82 valence electrons. The van der Waals surface area contributed by atoms with E-state index in [1.807, 2.05) is 20.8 Å². The van der Waals surface area contributed by atoms with Crippen molar-refractivity contribution >= 4 is 11.6 Å². The van der Waals surface area contributed by atoms with Crippen LogP contribution in [0.2, 0.25) is 0 Å². The summed E-state index contributed by atoms with van der Waals surface area (Å²) in [5.41, 5.74) is 0.287. The molecule has 1 rings (SSSR count). The Kier molecular flexibility index (Phi) is 3.03. The summed E-state index contributed by atoms with van der Waals surface area (Å²) in [7, 11) is 1.71. The van der Waals surface area contributed by atoms with Crippen LogP contribution in [0.5, 0.6) is 5.75 Å². The van der Waals surface area contributed by atoms with Crippen molar-refractivity contribution < 1.29 is 9.90 Å². The lowest BCUT2D eigenvalue weighted by molar-refractivity contribution is -0.125. The third kappa shape index (κ3) is 2.72. The summed E-state index contributed by atoms with van der Waals surface area (Å²) >= 11 is 0. The van der Waals surface area contributed by atoms with Crippen molar-refractivity contribution in [3.05, 3.63) is 24.3 Å². The lowest BCUT2D eigenvalue weighted by atomic mass is 9.95. The molecular weight excluding hydrogens is 190 g/mol. The molecule has 1 aromatic rings. The monoisotopic (exact) mass is 207 g/mol. The van der Waals surface area contributed by atoms with Gasteiger partial charge < -0.3 is 10.0 Å². The van der Waals surface area contributed by atoms with Gasteiger partial charge in [-0.2, -0.15) is 0 Å². The minimum absolute atomic E-state index is 0.0214. The highest BCUT2D eigenvalue weighted by Gasteiger charge is 2.25. The third-order valence-electron chi connectivity index (χ3n) is 2.16. The summed E-state index contributed by atoms with van der Waals surface area (Å²) in [4.78, 5) is 13.5. The zero-order valence-corrected chi connectivity index (χ0v) is 9.61. The summed E-state index contributed by atoms with van der Waals surface area (Å²) in [5.74, 6) is 0.189. The van der Waals surface area contributed by atoms with Crippen LogP contribution in [0.1, 0.15) is 20.8 Å². The van der Waals surface area contributed by atoms with E-state index in [9.17, 15) is 9.90 Å². The Hall–Kier alpha value is -1.51. The first kappa shape index (κ1) is 11.6. The number of aromatic hydroxyl groups is 1. The molecule has 0 unspecified atom stereocenters. The third-order valence-corrected chi connectivity index (χ3v) is 2.16. The molecule has 1 amide bonds. The molecule has 15 heavy (non-hydrogen) atoms. The van der Waals surface area contributed by atoms with Crippen LogP contribution in [0.15, 0.2) is 24.3 Å². The van der Waals surface area contributed by atoms with Crippen LogP contribution in [0.25, 0.3) is 0 Å². The molecule has 0 radical (unpaired) electrons. The first-order valence-corrected chi connectivity index (χ1v) is 4.89. The predicted octanol–water partition coefficient (Wildman–Crippen LogP) is 2.40.